The monoisotopic (exact) mass is 306 g/mol. The summed E-state index contributed by atoms with van der Waals surface area (Å²) in [4.78, 5) is 14.3. The number of carbonyl (C=O) groups is 1. The number of para-hydroxylation sites is 1. The highest BCUT2D eigenvalue weighted by atomic mass is 32.2. The standard InChI is InChI=1S/C16H22N2O2S/c1-16(8-5-9-21-16)11-18-14(19)10-17-15(18)12-6-3-4-7-13(12)20-2/h3-4,6-7,15,17H,5,8-11H2,1-2H3. The van der Waals surface area contributed by atoms with Crippen molar-refractivity contribution in [3.05, 3.63) is 29.8 Å². The molecule has 2 unspecified atom stereocenters. The van der Waals surface area contributed by atoms with Crippen molar-refractivity contribution in [1.82, 2.24) is 10.2 Å². The van der Waals surface area contributed by atoms with E-state index in [0.717, 1.165) is 17.9 Å². The molecular formula is C16H22N2O2S. The highest BCUT2D eigenvalue weighted by Crippen LogP contribution is 2.40. The molecule has 2 fully saturated rings. The minimum absolute atomic E-state index is 0.0772. The van der Waals surface area contributed by atoms with Gasteiger partial charge in [0.2, 0.25) is 5.91 Å². The third kappa shape index (κ3) is 2.90. The van der Waals surface area contributed by atoms with Crippen LogP contribution in [0.3, 0.4) is 0 Å². The van der Waals surface area contributed by atoms with E-state index < -0.39 is 0 Å². The zero-order valence-electron chi connectivity index (χ0n) is 12.6. The van der Waals surface area contributed by atoms with Crippen molar-refractivity contribution in [2.75, 3.05) is 26.0 Å². The van der Waals surface area contributed by atoms with Crippen LogP contribution in [0.25, 0.3) is 0 Å². The van der Waals surface area contributed by atoms with Crippen LogP contribution in [0.4, 0.5) is 0 Å². The smallest absolute Gasteiger partial charge is 0.238 e. The molecule has 3 rings (SSSR count). The molecule has 114 valence electrons. The lowest BCUT2D eigenvalue weighted by atomic mass is 10.0. The van der Waals surface area contributed by atoms with Gasteiger partial charge in [-0.1, -0.05) is 18.2 Å². The predicted molar refractivity (Wildman–Crippen MR) is 85.5 cm³/mol. The molecule has 0 aliphatic carbocycles. The number of ether oxygens (including phenoxy) is 1. The highest BCUT2D eigenvalue weighted by molar-refractivity contribution is 8.00. The van der Waals surface area contributed by atoms with Gasteiger partial charge >= 0.3 is 0 Å². The SMILES string of the molecule is COc1ccccc1C1NCC(=O)N1CC1(C)CCCS1. The summed E-state index contributed by atoms with van der Waals surface area (Å²) >= 11 is 1.99. The summed E-state index contributed by atoms with van der Waals surface area (Å²) < 4.78 is 5.64. The first kappa shape index (κ1) is 14.7. The summed E-state index contributed by atoms with van der Waals surface area (Å²) in [6.45, 7) is 3.48. The molecule has 0 radical (unpaired) electrons. The molecule has 1 amide bonds. The molecule has 5 heteroatoms. The molecule has 2 aliphatic rings. The van der Waals surface area contributed by atoms with Crippen LogP contribution in [0.5, 0.6) is 5.75 Å². The summed E-state index contributed by atoms with van der Waals surface area (Å²) in [7, 11) is 1.67. The molecule has 1 aromatic carbocycles. The molecule has 4 nitrogen and oxygen atoms in total. The van der Waals surface area contributed by atoms with E-state index in [-0.39, 0.29) is 16.8 Å². The normalized spacial score (nSPS) is 29.1. The van der Waals surface area contributed by atoms with Crippen LogP contribution >= 0.6 is 11.8 Å². The number of amides is 1. The van der Waals surface area contributed by atoms with Crippen molar-refractivity contribution in [1.29, 1.82) is 0 Å². The number of nitrogens with zero attached hydrogens (tertiary/aromatic N) is 1. The first-order valence-electron chi connectivity index (χ1n) is 7.43. The number of rotatable bonds is 4. The fourth-order valence-corrected chi connectivity index (χ4v) is 4.51. The molecule has 2 aliphatic heterocycles. The second-order valence-electron chi connectivity index (χ2n) is 5.95. The maximum Gasteiger partial charge on any atom is 0.238 e. The molecule has 2 saturated heterocycles. The molecule has 0 spiro atoms. The number of thioether (sulfide) groups is 1. The topological polar surface area (TPSA) is 41.6 Å². The van der Waals surface area contributed by atoms with Crippen LogP contribution in [0.15, 0.2) is 24.3 Å². The van der Waals surface area contributed by atoms with Gasteiger partial charge in [0.1, 0.15) is 11.9 Å². The Morgan fingerprint density at radius 2 is 2.29 bits per heavy atom. The summed E-state index contributed by atoms with van der Waals surface area (Å²) in [5.74, 6) is 2.21. The summed E-state index contributed by atoms with van der Waals surface area (Å²) in [6.07, 6.45) is 2.35. The van der Waals surface area contributed by atoms with E-state index in [2.05, 4.69) is 12.2 Å². The number of benzene rings is 1. The van der Waals surface area contributed by atoms with Gasteiger partial charge in [-0.3, -0.25) is 10.1 Å². The lowest BCUT2D eigenvalue weighted by Gasteiger charge is -2.33. The highest BCUT2D eigenvalue weighted by Gasteiger charge is 2.39. The Labute approximate surface area is 130 Å². The van der Waals surface area contributed by atoms with Crippen LogP contribution in [-0.2, 0) is 4.79 Å². The van der Waals surface area contributed by atoms with Crippen molar-refractivity contribution in [3.63, 3.8) is 0 Å². The van der Waals surface area contributed by atoms with Crippen LogP contribution in [0.1, 0.15) is 31.5 Å². The maximum absolute atomic E-state index is 12.3. The first-order valence-corrected chi connectivity index (χ1v) is 8.41. The molecule has 1 N–H and O–H groups in total. The van der Waals surface area contributed by atoms with E-state index in [1.54, 1.807) is 7.11 Å². The molecular weight excluding hydrogens is 284 g/mol. The Balaban J connectivity index is 1.85. The molecule has 1 aromatic rings. The van der Waals surface area contributed by atoms with Crippen LogP contribution in [0.2, 0.25) is 0 Å². The maximum atomic E-state index is 12.3. The summed E-state index contributed by atoms with van der Waals surface area (Å²) in [5, 5.41) is 3.33. The van der Waals surface area contributed by atoms with Crippen molar-refractivity contribution in [2.24, 2.45) is 0 Å². The summed E-state index contributed by atoms with van der Waals surface area (Å²) in [6, 6.07) is 7.93. The lowest BCUT2D eigenvalue weighted by Crippen LogP contribution is -2.40. The van der Waals surface area contributed by atoms with E-state index in [1.165, 1.54) is 18.6 Å². The van der Waals surface area contributed by atoms with Crippen molar-refractivity contribution in [2.45, 2.75) is 30.7 Å². The Kier molecular flexibility index (Phi) is 4.13. The van der Waals surface area contributed by atoms with Crippen LogP contribution in [-0.4, -0.2) is 41.5 Å². The van der Waals surface area contributed by atoms with Crippen LogP contribution < -0.4 is 10.1 Å². The third-order valence-electron chi connectivity index (χ3n) is 4.32. The van der Waals surface area contributed by atoms with E-state index in [0.29, 0.717) is 6.54 Å². The minimum Gasteiger partial charge on any atom is -0.496 e. The van der Waals surface area contributed by atoms with Crippen molar-refractivity contribution < 1.29 is 9.53 Å². The Hall–Kier alpha value is -1.20. The minimum atomic E-state index is -0.0772. The zero-order chi connectivity index (χ0) is 14.9. The fraction of sp³-hybridized carbons (Fsp3) is 0.562. The van der Waals surface area contributed by atoms with E-state index in [1.807, 2.05) is 40.9 Å². The van der Waals surface area contributed by atoms with Gasteiger partial charge in [-0.25, -0.2) is 0 Å². The van der Waals surface area contributed by atoms with E-state index >= 15 is 0 Å². The largest absolute Gasteiger partial charge is 0.496 e. The van der Waals surface area contributed by atoms with Crippen molar-refractivity contribution >= 4 is 17.7 Å². The number of hydrogen-bond acceptors (Lipinski definition) is 4. The zero-order valence-corrected chi connectivity index (χ0v) is 13.4. The number of nitrogens with one attached hydrogen (secondary N) is 1. The van der Waals surface area contributed by atoms with Gasteiger partial charge in [0.05, 0.1) is 13.7 Å². The number of methoxy groups -OCH3 is 1. The quantitative estimate of drug-likeness (QED) is 0.927. The molecule has 21 heavy (non-hydrogen) atoms. The fourth-order valence-electron chi connectivity index (χ4n) is 3.21. The molecule has 0 aromatic heterocycles. The van der Waals surface area contributed by atoms with Gasteiger partial charge in [-0.05, 0) is 31.6 Å². The molecule has 0 saturated carbocycles. The van der Waals surface area contributed by atoms with Gasteiger partial charge in [0, 0.05) is 16.9 Å². The van der Waals surface area contributed by atoms with Crippen LogP contribution in [0, 0.1) is 0 Å². The molecule has 2 atom stereocenters. The average Bonchev–Trinajstić information content (AvgIpc) is 3.07. The predicted octanol–water partition coefficient (Wildman–Crippen LogP) is 2.41. The van der Waals surface area contributed by atoms with Gasteiger partial charge < -0.3 is 9.64 Å². The number of hydrogen-bond donors (Lipinski definition) is 1. The van der Waals surface area contributed by atoms with Gasteiger partial charge in [-0.2, -0.15) is 11.8 Å². The Morgan fingerprint density at radius 1 is 1.48 bits per heavy atom. The molecule has 0 bridgehead atoms. The van der Waals surface area contributed by atoms with Gasteiger partial charge in [0.25, 0.3) is 0 Å². The van der Waals surface area contributed by atoms with Crippen molar-refractivity contribution in [3.8, 4) is 5.75 Å². The van der Waals surface area contributed by atoms with Gasteiger partial charge in [0.15, 0.2) is 0 Å². The average molecular weight is 306 g/mol. The summed E-state index contributed by atoms with van der Waals surface area (Å²) in [5.41, 5.74) is 1.04. The van der Waals surface area contributed by atoms with Gasteiger partial charge in [-0.15, -0.1) is 0 Å². The Morgan fingerprint density at radius 3 is 3.00 bits per heavy atom. The number of carbonyl (C=O) groups excluding carboxylic acids is 1. The van der Waals surface area contributed by atoms with E-state index in [9.17, 15) is 4.79 Å². The lowest BCUT2D eigenvalue weighted by molar-refractivity contribution is -0.128. The second-order valence-corrected chi connectivity index (χ2v) is 7.63. The Bertz CT molecular complexity index is 529. The van der Waals surface area contributed by atoms with E-state index in [4.69, 9.17) is 4.74 Å². The second kappa shape index (κ2) is 5.89. The first-order chi connectivity index (χ1) is 10.1. The third-order valence-corrected chi connectivity index (χ3v) is 5.84. The molecule has 2 heterocycles.